The molecule has 3 nitrogen and oxygen atoms in total. The second kappa shape index (κ2) is 3.91. The van der Waals surface area contributed by atoms with Crippen LogP contribution in [0.1, 0.15) is 24.9 Å². The van der Waals surface area contributed by atoms with E-state index >= 15 is 0 Å². The molecule has 0 aliphatic carbocycles. The van der Waals surface area contributed by atoms with Gasteiger partial charge in [0.05, 0.1) is 0 Å². The van der Waals surface area contributed by atoms with Gasteiger partial charge in [-0.15, -0.1) is 0 Å². The predicted octanol–water partition coefficient (Wildman–Crippen LogP) is 2.50. The second-order valence-corrected chi connectivity index (χ2v) is 2.41. The van der Waals surface area contributed by atoms with E-state index in [0.29, 0.717) is 5.76 Å². The third kappa shape index (κ3) is 2.18. The predicted molar refractivity (Wildman–Crippen MR) is 42.2 cm³/mol. The van der Waals surface area contributed by atoms with Gasteiger partial charge in [-0.1, -0.05) is 12.1 Å². The van der Waals surface area contributed by atoms with Crippen molar-refractivity contribution in [2.24, 2.45) is 5.18 Å². The van der Waals surface area contributed by atoms with Gasteiger partial charge in [0.1, 0.15) is 18.1 Å². The lowest BCUT2D eigenvalue weighted by Crippen LogP contribution is -1.76. The van der Waals surface area contributed by atoms with Crippen molar-refractivity contribution in [3.8, 4) is 0 Å². The van der Waals surface area contributed by atoms with Crippen LogP contribution in [0.4, 0.5) is 0 Å². The number of hydrogen-bond acceptors (Lipinski definition) is 3. The minimum Gasteiger partial charge on any atom is -0.464 e. The highest BCUT2D eigenvalue weighted by atomic mass is 16.3. The van der Waals surface area contributed by atoms with E-state index in [2.05, 4.69) is 12.1 Å². The van der Waals surface area contributed by atoms with Crippen molar-refractivity contribution < 1.29 is 4.42 Å². The zero-order valence-electron chi connectivity index (χ0n) is 6.54. The zero-order valence-corrected chi connectivity index (χ0v) is 6.54. The summed E-state index contributed by atoms with van der Waals surface area (Å²) in [7, 11) is 0. The molecule has 0 N–H and O–H groups in total. The fraction of sp³-hybridized carbons (Fsp3) is 0.500. The Morgan fingerprint density at radius 1 is 1.45 bits per heavy atom. The van der Waals surface area contributed by atoms with Crippen LogP contribution < -0.4 is 0 Å². The molecule has 0 aromatic carbocycles. The first-order valence-corrected chi connectivity index (χ1v) is 3.73. The molecule has 1 aromatic rings. The summed E-state index contributed by atoms with van der Waals surface area (Å²) in [5.74, 6) is 1.59. The molecule has 60 valence electrons. The first-order chi connectivity index (χ1) is 5.36. The van der Waals surface area contributed by atoms with Crippen molar-refractivity contribution in [3.05, 3.63) is 28.6 Å². The maximum Gasteiger partial charge on any atom is 0.139 e. The summed E-state index contributed by atoms with van der Waals surface area (Å²) < 4.78 is 5.27. The minimum absolute atomic E-state index is 0.143. The van der Waals surface area contributed by atoms with E-state index in [1.807, 2.05) is 6.07 Å². The molecule has 0 spiro atoms. The monoisotopic (exact) mass is 153 g/mol. The molecule has 1 rings (SSSR count). The van der Waals surface area contributed by atoms with E-state index in [-0.39, 0.29) is 6.54 Å². The molecule has 0 radical (unpaired) electrons. The summed E-state index contributed by atoms with van der Waals surface area (Å²) in [5, 5.41) is 2.74. The Bertz CT molecular complexity index is 230. The van der Waals surface area contributed by atoms with Crippen LogP contribution in [0.3, 0.4) is 0 Å². The number of aryl methyl sites for hydroxylation is 1. The largest absolute Gasteiger partial charge is 0.464 e. The molecule has 0 bridgehead atoms. The van der Waals surface area contributed by atoms with Gasteiger partial charge < -0.3 is 4.42 Å². The Hall–Kier alpha value is -1.12. The van der Waals surface area contributed by atoms with Crippen molar-refractivity contribution in [1.82, 2.24) is 0 Å². The lowest BCUT2D eigenvalue weighted by atomic mass is 10.3. The van der Waals surface area contributed by atoms with Crippen molar-refractivity contribution >= 4 is 0 Å². The Kier molecular flexibility index (Phi) is 2.83. The molecule has 0 saturated carbocycles. The lowest BCUT2D eigenvalue weighted by molar-refractivity contribution is 0.464. The van der Waals surface area contributed by atoms with E-state index in [4.69, 9.17) is 4.42 Å². The Balaban J connectivity index is 2.57. The molecule has 0 unspecified atom stereocenters. The molecule has 0 aliphatic heterocycles. The molecule has 0 atom stereocenters. The maximum atomic E-state index is 9.83. The summed E-state index contributed by atoms with van der Waals surface area (Å²) in [6.07, 6.45) is 1.99. The van der Waals surface area contributed by atoms with Crippen LogP contribution in [0.15, 0.2) is 21.7 Å². The highest BCUT2D eigenvalue weighted by Crippen LogP contribution is 2.10. The van der Waals surface area contributed by atoms with Crippen LogP contribution in [-0.4, -0.2) is 0 Å². The number of rotatable bonds is 4. The van der Waals surface area contributed by atoms with Gasteiger partial charge in [-0.3, -0.25) is 0 Å². The molecule has 11 heavy (non-hydrogen) atoms. The molecular formula is C8H11NO2. The minimum atomic E-state index is 0.143. The molecular weight excluding hydrogens is 142 g/mol. The Morgan fingerprint density at radius 3 is 2.82 bits per heavy atom. The summed E-state index contributed by atoms with van der Waals surface area (Å²) in [4.78, 5) is 9.83. The van der Waals surface area contributed by atoms with E-state index < -0.39 is 0 Å². The SMILES string of the molecule is CCCc1ccc(CN=O)o1. The van der Waals surface area contributed by atoms with Crippen LogP contribution in [0.5, 0.6) is 0 Å². The summed E-state index contributed by atoms with van der Waals surface area (Å²) >= 11 is 0. The fourth-order valence-electron chi connectivity index (χ4n) is 0.952. The van der Waals surface area contributed by atoms with Gasteiger partial charge >= 0.3 is 0 Å². The van der Waals surface area contributed by atoms with Crippen LogP contribution in [-0.2, 0) is 13.0 Å². The second-order valence-electron chi connectivity index (χ2n) is 2.41. The Morgan fingerprint density at radius 2 is 2.18 bits per heavy atom. The van der Waals surface area contributed by atoms with Gasteiger partial charge in [0.15, 0.2) is 0 Å². The van der Waals surface area contributed by atoms with Gasteiger partial charge in [-0.25, -0.2) is 0 Å². The maximum absolute atomic E-state index is 9.83. The fourth-order valence-corrected chi connectivity index (χ4v) is 0.952. The molecule has 0 fully saturated rings. The molecule has 1 heterocycles. The molecule has 0 aliphatic rings. The zero-order chi connectivity index (χ0) is 8.10. The number of hydrogen-bond donors (Lipinski definition) is 0. The standard InChI is InChI=1S/C8H11NO2/c1-2-3-7-4-5-8(11-7)6-9-10/h4-5H,2-3,6H2,1H3. The smallest absolute Gasteiger partial charge is 0.139 e. The van der Waals surface area contributed by atoms with Gasteiger partial charge in [-0.2, -0.15) is 4.91 Å². The van der Waals surface area contributed by atoms with Crippen molar-refractivity contribution in [2.75, 3.05) is 0 Å². The first kappa shape index (κ1) is 7.98. The normalized spacial score (nSPS) is 9.91. The molecule has 0 amide bonds. The van der Waals surface area contributed by atoms with Crippen molar-refractivity contribution in [2.45, 2.75) is 26.3 Å². The van der Waals surface area contributed by atoms with Crippen molar-refractivity contribution in [1.29, 1.82) is 0 Å². The number of nitroso groups, excluding NO2 is 1. The average Bonchev–Trinajstić information content (AvgIpc) is 2.38. The van der Waals surface area contributed by atoms with E-state index in [0.717, 1.165) is 18.6 Å². The molecule has 1 aromatic heterocycles. The Labute approximate surface area is 65.4 Å². The van der Waals surface area contributed by atoms with Crippen LogP contribution >= 0.6 is 0 Å². The van der Waals surface area contributed by atoms with Crippen molar-refractivity contribution in [3.63, 3.8) is 0 Å². The van der Waals surface area contributed by atoms with Gasteiger partial charge in [-0.05, 0) is 18.6 Å². The van der Waals surface area contributed by atoms with Crippen LogP contribution in [0.2, 0.25) is 0 Å². The lowest BCUT2D eigenvalue weighted by Gasteiger charge is -1.89. The van der Waals surface area contributed by atoms with Gasteiger partial charge in [0.25, 0.3) is 0 Å². The highest BCUT2D eigenvalue weighted by Gasteiger charge is 1.99. The quantitative estimate of drug-likeness (QED) is 0.623. The molecule has 3 heteroatoms. The van der Waals surface area contributed by atoms with Gasteiger partial charge in [0, 0.05) is 6.42 Å². The molecule has 0 saturated heterocycles. The van der Waals surface area contributed by atoms with E-state index in [9.17, 15) is 4.91 Å². The number of nitrogens with zero attached hydrogens (tertiary/aromatic N) is 1. The highest BCUT2D eigenvalue weighted by molar-refractivity contribution is 5.06. The first-order valence-electron chi connectivity index (χ1n) is 3.73. The topological polar surface area (TPSA) is 42.6 Å². The van der Waals surface area contributed by atoms with Crippen LogP contribution in [0, 0.1) is 4.91 Å². The third-order valence-corrected chi connectivity index (χ3v) is 1.43. The summed E-state index contributed by atoms with van der Waals surface area (Å²) in [6, 6.07) is 3.69. The van der Waals surface area contributed by atoms with E-state index in [1.54, 1.807) is 6.07 Å². The average molecular weight is 153 g/mol. The van der Waals surface area contributed by atoms with Crippen LogP contribution in [0.25, 0.3) is 0 Å². The number of furan rings is 1. The third-order valence-electron chi connectivity index (χ3n) is 1.43. The van der Waals surface area contributed by atoms with Gasteiger partial charge in [0.2, 0.25) is 0 Å². The van der Waals surface area contributed by atoms with E-state index in [1.165, 1.54) is 0 Å². The summed E-state index contributed by atoms with van der Waals surface area (Å²) in [6.45, 7) is 2.23. The summed E-state index contributed by atoms with van der Waals surface area (Å²) in [5.41, 5.74) is 0.